The number of aryl methyl sites for hydroxylation is 1. The van der Waals surface area contributed by atoms with Gasteiger partial charge in [0.25, 0.3) is 0 Å². The zero-order chi connectivity index (χ0) is 11.1. The second-order valence-corrected chi connectivity index (χ2v) is 5.25. The van der Waals surface area contributed by atoms with Gasteiger partial charge < -0.3 is 0 Å². The van der Waals surface area contributed by atoms with Crippen LogP contribution < -0.4 is 0 Å². The third-order valence-electron chi connectivity index (χ3n) is 4.12. The van der Waals surface area contributed by atoms with E-state index in [0.29, 0.717) is 23.5 Å². The second kappa shape index (κ2) is 3.69. The first-order chi connectivity index (χ1) is 7.77. The van der Waals surface area contributed by atoms with Crippen molar-refractivity contribution in [2.24, 2.45) is 17.8 Å². The molecule has 0 aromatic carbocycles. The molecule has 0 aliphatic heterocycles. The highest BCUT2D eigenvalue weighted by molar-refractivity contribution is 5.99. The Hall–Kier alpha value is -1.18. The molecule has 0 bridgehead atoms. The molecule has 3 rings (SSSR count). The van der Waals surface area contributed by atoms with Crippen LogP contribution in [0.2, 0.25) is 0 Å². The molecule has 0 amide bonds. The third-order valence-corrected chi connectivity index (χ3v) is 4.12. The normalized spacial score (nSPS) is 31.9. The zero-order valence-electron chi connectivity index (χ0n) is 9.65. The van der Waals surface area contributed by atoms with E-state index in [1.165, 1.54) is 25.7 Å². The molecule has 2 aliphatic rings. The van der Waals surface area contributed by atoms with Gasteiger partial charge in [-0.2, -0.15) is 0 Å². The minimum atomic E-state index is 0.325. The molecule has 0 radical (unpaired) electrons. The van der Waals surface area contributed by atoms with Gasteiger partial charge in [0, 0.05) is 23.9 Å². The highest BCUT2D eigenvalue weighted by Gasteiger charge is 2.54. The van der Waals surface area contributed by atoms with Crippen molar-refractivity contribution < 1.29 is 4.79 Å². The number of fused-ring (bicyclic) bond motifs is 1. The fourth-order valence-corrected chi connectivity index (χ4v) is 3.26. The first-order valence-corrected chi connectivity index (χ1v) is 6.23. The molecule has 0 spiro atoms. The molecule has 2 heteroatoms. The van der Waals surface area contributed by atoms with Gasteiger partial charge in [0.1, 0.15) is 0 Å². The number of pyridine rings is 1. The van der Waals surface area contributed by atoms with Gasteiger partial charge in [0.2, 0.25) is 0 Å². The SMILES string of the molecule is Cc1cncc(C(=O)C2C3CCCCC32)c1. The Kier molecular flexibility index (Phi) is 2.31. The molecule has 2 nitrogen and oxygen atoms in total. The molecule has 2 saturated carbocycles. The largest absolute Gasteiger partial charge is 0.294 e. The molecule has 1 aromatic rings. The standard InChI is InChI=1S/C14H17NO/c1-9-6-10(8-15-7-9)14(16)13-11-4-2-3-5-12(11)13/h6-8,11-13H,2-5H2,1H3. The van der Waals surface area contributed by atoms with E-state index in [1.807, 2.05) is 13.0 Å². The van der Waals surface area contributed by atoms with Crippen LogP contribution in [-0.4, -0.2) is 10.8 Å². The van der Waals surface area contributed by atoms with Crippen molar-refractivity contribution in [3.05, 3.63) is 29.6 Å². The Morgan fingerprint density at radius 2 is 1.94 bits per heavy atom. The van der Waals surface area contributed by atoms with Crippen LogP contribution in [0.1, 0.15) is 41.6 Å². The summed E-state index contributed by atoms with van der Waals surface area (Å²) in [4.78, 5) is 16.4. The number of hydrogen-bond acceptors (Lipinski definition) is 2. The second-order valence-electron chi connectivity index (χ2n) is 5.25. The van der Waals surface area contributed by atoms with Crippen LogP contribution in [-0.2, 0) is 0 Å². The van der Waals surface area contributed by atoms with Crippen LogP contribution >= 0.6 is 0 Å². The number of ketones is 1. The summed E-state index contributed by atoms with van der Waals surface area (Å²) in [5.74, 6) is 2.06. The molecule has 0 N–H and O–H groups in total. The molecule has 2 aliphatic carbocycles. The number of Topliss-reactive ketones (excluding diaryl/α,β-unsaturated/α-hetero) is 1. The van der Waals surface area contributed by atoms with Crippen molar-refractivity contribution in [2.45, 2.75) is 32.6 Å². The van der Waals surface area contributed by atoms with Crippen molar-refractivity contribution >= 4 is 5.78 Å². The van der Waals surface area contributed by atoms with Gasteiger partial charge >= 0.3 is 0 Å². The Morgan fingerprint density at radius 3 is 2.56 bits per heavy atom. The zero-order valence-corrected chi connectivity index (χ0v) is 9.65. The van der Waals surface area contributed by atoms with E-state index in [1.54, 1.807) is 12.4 Å². The number of nitrogens with zero attached hydrogens (tertiary/aromatic N) is 1. The number of hydrogen-bond donors (Lipinski definition) is 0. The van der Waals surface area contributed by atoms with E-state index in [9.17, 15) is 4.79 Å². The molecule has 2 atom stereocenters. The fourth-order valence-electron chi connectivity index (χ4n) is 3.26. The topological polar surface area (TPSA) is 30.0 Å². The van der Waals surface area contributed by atoms with Crippen molar-refractivity contribution in [3.8, 4) is 0 Å². The van der Waals surface area contributed by atoms with Gasteiger partial charge in [0.15, 0.2) is 5.78 Å². The minimum Gasteiger partial charge on any atom is -0.294 e. The number of carbonyl (C=O) groups is 1. The predicted octanol–water partition coefficient (Wildman–Crippen LogP) is 3.01. The summed E-state index contributed by atoms with van der Waals surface area (Å²) in [6.45, 7) is 1.99. The Bertz CT molecular complexity index is 414. The Balaban J connectivity index is 1.79. The first-order valence-electron chi connectivity index (χ1n) is 6.23. The highest BCUT2D eigenvalue weighted by atomic mass is 16.1. The van der Waals surface area contributed by atoms with Crippen LogP contribution in [0.15, 0.2) is 18.5 Å². The predicted molar refractivity (Wildman–Crippen MR) is 62.2 cm³/mol. The maximum atomic E-state index is 12.3. The van der Waals surface area contributed by atoms with E-state index in [0.717, 1.165) is 11.1 Å². The maximum Gasteiger partial charge on any atom is 0.168 e. The molecule has 2 unspecified atom stereocenters. The molecule has 2 fully saturated rings. The molecule has 1 heterocycles. The van der Waals surface area contributed by atoms with E-state index in [-0.39, 0.29) is 0 Å². The van der Waals surface area contributed by atoms with Gasteiger partial charge in [-0.1, -0.05) is 12.8 Å². The summed E-state index contributed by atoms with van der Waals surface area (Å²) in [6.07, 6.45) is 8.69. The van der Waals surface area contributed by atoms with Gasteiger partial charge in [-0.05, 0) is 43.2 Å². The molecular weight excluding hydrogens is 198 g/mol. The summed E-state index contributed by atoms with van der Waals surface area (Å²) in [5.41, 5.74) is 1.90. The van der Waals surface area contributed by atoms with Crippen LogP contribution in [0, 0.1) is 24.7 Å². The monoisotopic (exact) mass is 215 g/mol. The van der Waals surface area contributed by atoms with Crippen molar-refractivity contribution in [2.75, 3.05) is 0 Å². The van der Waals surface area contributed by atoms with Gasteiger partial charge in [0.05, 0.1) is 0 Å². The quantitative estimate of drug-likeness (QED) is 0.710. The molecule has 0 saturated heterocycles. The molecular formula is C14H17NO. The third kappa shape index (κ3) is 1.57. The number of rotatable bonds is 2. The summed E-state index contributed by atoms with van der Waals surface area (Å²) in [5, 5.41) is 0. The average Bonchev–Trinajstić information content (AvgIpc) is 3.02. The maximum absolute atomic E-state index is 12.3. The van der Waals surface area contributed by atoms with Gasteiger partial charge in [-0.25, -0.2) is 0 Å². The van der Waals surface area contributed by atoms with Crippen LogP contribution in [0.3, 0.4) is 0 Å². The van der Waals surface area contributed by atoms with E-state index in [4.69, 9.17) is 0 Å². The number of carbonyl (C=O) groups excluding carboxylic acids is 1. The fraction of sp³-hybridized carbons (Fsp3) is 0.571. The van der Waals surface area contributed by atoms with Crippen molar-refractivity contribution in [3.63, 3.8) is 0 Å². The van der Waals surface area contributed by atoms with Gasteiger partial charge in [-0.3, -0.25) is 9.78 Å². The van der Waals surface area contributed by atoms with E-state index < -0.39 is 0 Å². The van der Waals surface area contributed by atoms with E-state index in [2.05, 4.69) is 4.98 Å². The summed E-state index contributed by atoms with van der Waals surface area (Å²) in [7, 11) is 0. The molecule has 84 valence electrons. The Labute approximate surface area is 96.1 Å². The molecule has 1 aromatic heterocycles. The van der Waals surface area contributed by atoms with Gasteiger partial charge in [-0.15, -0.1) is 0 Å². The van der Waals surface area contributed by atoms with Crippen LogP contribution in [0.25, 0.3) is 0 Å². The lowest BCUT2D eigenvalue weighted by Crippen LogP contribution is -2.05. The summed E-state index contributed by atoms with van der Waals surface area (Å²) in [6, 6.07) is 1.97. The lowest BCUT2D eigenvalue weighted by atomic mass is 10.0. The number of aromatic nitrogens is 1. The summed E-state index contributed by atoms with van der Waals surface area (Å²) < 4.78 is 0. The van der Waals surface area contributed by atoms with Crippen molar-refractivity contribution in [1.29, 1.82) is 0 Å². The lowest BCUT2D eigenvalue weighted by Gasteiger charge is -2.04. The smallest absolute Gasteiger partial charge is 0.168 e. The molecule has 16 heavy (non-hydrogen) atoms. The highest BCUT2D eigenvalue weighted by Crippen LogP contribution is 2.56. The summed E-state index contributed by atoms with van der Waals surface area (Å²) >= 11 is 0. The average molecular weight is 215 g/mol. The van der Waals surface area contributed by atoms with Crippen molar-refractivity contribution in [1.82, 2.24) is 4.98 Å². The first kappa shape index (κ1) is 10.0. The Morgan fingerprint density at radius 1 is 1.25 bits per heavy atom. The van der Waals surface area contributed by atoms with Crippen LogP contribution in [0.4, 0.5) is 0 Å². The van der Waals surface area contributed by atoms with Crippen LogP contribution in [0.5, 0.6) is 0 Å². The lowest BCUT2D eigenvalue weighted by molar-refractivity contribution is 0.0956. The minimum absolute atomic E-state index is 0.325. The van der Waals surface area contributed by atoms with E-state index >= 15 is 0 Å².